The van der Waals surface area contributed by atoms with Crippen molar-refractivity contribution in [2.24, 2.45) is 0 Å². The Kier molecular flexibility index (Phi) is 6.75. The van der Waals surface area contributed by atoms with Gasteiger partial charge in [0.05, 0.1) is 6.54 Å². The van der Waals surface area contributed by atoms with Crippen LogP contribution in [0.1, 0.15) is 26.2 Å². The second kappa shape index (κ2) is 9.47. The van der Waals surface area contributed by atoms with Crippen molar-refractivity contribution in [1.82, 2.24) is 30.4 Å². The summed E-state index contributed by atoms with van der Waals surface area (Å²) in [7, 11) is 0. The highest BCUT2D eigenvalue weighted by atomic mass is 32.2. The average Bonchev–Trinajstić information content (AvgIpc) is 3.29. The molecule has 3 rings (SSSR count). The predicted octanol–water partition coefficient (Wildman–Crippen LogP) is 3.59. The van der Waals surface area contributed by atoms with Crippen LogP contribution < -0.4 is 5.32 Å². The molecule has 25 heavy (non-hydrogen) atoms. The summed E-state index contributed by atoms with van der Waals surface area (Å²) >= 11 is 3.39. The molecule has 0 saturated carbocycles. The fourth-order valence-corrected chi connectivity index (χ4v) is 4.11. The Labute approximate surface area is 155 Å². The van der Waals surface area contributed by atoms with Gasteiger partial charge < -0.3 is 5.32 Å². The number of rotatable bonds is 10. The number of benzene rings is 1. The molecule has 0 unspecified atom stereocenters. The van der Waals surface area contributed by atoms with Crippen LogP contribution >= 0.6 is 23.1 Å². The van der Waals surface area contributed by atoms with Crippen molar-refractivity contribution < 1.29 is 0 Å². The van der Waals surface area contributed by atoms with E-state index in [2.05, 4.69) is 37.8 Å². The predicted molar refractivity (Wildman–Crippen MR) is 102 cm³/mol. The third-order valence-corrected chi connectivity index (χ3v) is 5.55. The van der Waals surface area contributed by atoms with Crippen molar-refractivity contribution in [2.45, 2.75) is 37.1 Å². The van der Waals surface area contributed by atoms with Gasteiger partial charge in [-0.3, -0.25) is 0 Å². The van der Waals surface area contributed by atoms with E-state index in [1.807, 2.05) is 30.3 Å². The number of hydrogen-bond acceptors (Lipinski definition) is 8. The highest BCUT2D eigenvalue weighted by Gasteiger charge is 2.05. The number of anilines is 1. The Morgan fingerprint density at radius 3 is 2.80 bits per heavy atom. The molecule has 1 N–H and O–H groups in total. The molecule has 7 nitrogen and oxygen atoms in total. The van der Waals surface area contributed by atoms with Gasteiger partial charge in [-0.1, -0.05) is 59.9 Å². The van der Waals surface area contributed by atoms with E-state index in [4.69, 9.17) is 0 Å². The maximum atomic E-state index is 4.43. The summed E-state index contributed by atoms with van der Waals surface area (Å²) in [5.74, 6) is 1.74. The molecule has 132 valence electrons. The molecule has 0 aliphatic heterocycles. The highest BCUT2D eigenvalue weighted by molar-refractivity contribution is 8.01. The summed E-state index contributed by atoms with van der Waals surface area (Å²) in [4.78, 5) is 1.68. The van der Waals surface area contributed by atoms with Gasteiger partial charge in [-0.25, -0.2) is 0 Å². The quantitative estimate of drug-likeness (QED) is 0.428. The molecule has 9 heteroatoms. The van der Waals surface area contributed by atoms with E-state index in [1.165, 1.54) is 0 Å². The molecule has 0 atom stereocenters. The number of unbranched alkanes of at least 4 members (excludes halogenated alkanes) is 2. The molecule has 0 radical (unpaired) electrons. The second-order valence-corrected chi connectivity index (χ2v) is 7.71. The largest absolute Gasteiger partial charge is 0.360 e. The van der Waals surface area contributed by atoms with E-state index in [0.717, 1.165) is 53.1 Å². The summed E-state index contributed by atoms with van der Waals surface area (Å²) in [5.41, 5.74) is 0.999. The number of aromatic nitrogens is 6. The molecule has 0 fully saturated rings. The Hall–Kier alpha value is -2.00. The van der Waals surface area contributed by atoms with E-state index >= 15 is 0 Å². The monoisotopic (exact) mass is 375 g/mol. The topological polar surface area (TPSA) is 81.4 Å². The Morgan fingerprint density at radius 2 is 1.96 bits per heavy atom. The summed E-state index contributed by atoms with van der Waals surface area (Å²) < 4.78 is 1.03. The minimum Gasteiger partial charge on any atom is -0.360 e. The van der Waals surface area contributed by atoms with Crippen molar-refractivity contribution in [1.29, 1.82) is 0 Å². The maximum Gasteiger partial charge on any atom is 0.206 e. The van der Waals surface area contributed by atoms with Crippen LogP contribution in [-0.4, -0.2) is 42.7 Å². The number of hydrogen-bond donors (Lipinski definition) is 1. The van der Waals surface area contributed by atoms with Gasteiger partial charge in [0.15, 0.2) is 4.34 Å². The Morgan fingerprint density at radius 1 is 1.08 bits per heavy atom. The third-order valence-electron chi connectivity index (χ3n) is 3.45. The zero-order valence-corrected chi connectivity index (χ0v) is 15.8. The van der Waals surface area contributed by atoms with E-state index in [-0.39, 0.29) is 0 Å². The summed E-state index contributed by atoms with van der Waals surface area (Å²) in [6.45, 7) is 3.73. The third kappa shape index (κ3) is 5.50. The lowest BCUT2D eigenvalue weighted by Gasteiger charge is -1.99. The van der Waals surface area contributed by atoms with Gasteiger partial charge in [0.2, 0.25) is 11.0 Å². The molecule has 1 aromatic carbocycles. The van der Waals surface area contributed by atoms with Crippen molar-refractivity contribution in [2.75, 3.05) is 17.6 Å². The van der Waals surface area contributed by atoms with Gasteiger partial charge in [0.25, 0.3) is 0 Å². The van der Waals surface area contributed by atoms with Crippen LogP contribution in [0, 0.1) is 0 Å². The van der Waals surface area contributed by atoms with Crippen LogP contribution in [0.15, 0.2) is 34.7 Å². The first-order valence-corrected chi connectivity index (χ1v) is 10.2. The standard InChI is InChI=1S/C16H21N7S2/c1-2-17-15-19-20-16(25-15)24-12-8-4-7-11-23-21-14(18-22-23)13-9-5-3-6-10-13/h3,5-6,9-10H,2,4,7-8,11-12H2,1H3,(H,17,19). The lowest BCUT2D eigenvalue weighted by Crippen LogP contribution is -2.02. The van der Waals surface area contributed by atoms with Crippen LogP contribution in [0.5, 0.6) is 0 Å². The molecule has 0 saturated heterocycles. The lowest BCUT2D eigenvalue weighted by molar-refractivity contribution is 0.487. The fraction of sp³-hybridized carbons (Fsp3) is 0.438. The first kappa shape index (κ1) is 17.8. The summed E-state index contributed by atoms with van der Waals surface area (Å²) in [5, 5.41) is 25.0. The molecular weight excluding hydrogens is 354 g/mol. The minimum absolute atomic E-state index is 0.684. The molecule has 0 bridgehead atoms. The molecule has 0 spiro atoms. The lowest BCUT2D eigenvalue weighted by atomic mass is 10.2. The minimum atomic E-state index is 0.684. The van der Waals surface area contributed by atoms with Gasteiger partial charge in [0.1, 0.15) is 0 Å². The number of thioether (sulfide) groups is 1. The molecule has 0 aliphatic rings. The van der Waals surface area contributed by atoms with Crippen molar-refractivity contribution >= 4 is 28.2 Å². The van der Waals surface area contributed by atoms with Gasteiger partial charge in [-0.2, -0.15) is 4.80 Å². The van der Waals surface area contributed by atoms with Crippen LogP contribution in [0.25, 0.3) is 11.4 Å². The van der Waals surface area contributed by atoms with E-state index in [1.54, 1.807) is 27.9 Å². The van der Waals surface area contributed by atoms with Gasteiger partial charge in [0, 0.05) is 17.9 Å². The van der Waals surface area contributed by atoms with Crippen molar-refractivity contribution in [3.05, 3.63) is 30.3 Å². The number of tetrazole rings is 1. The number of nitrogens with zero attached hydrogens (tertiary/aromatic N) is 6. The first-order chi connectivity index (χ1) is 12.3. The van der Waals surface area contributed by atoms with Crippen LogP contribution in [0.4, 0.5) is 5.13 Å². The van der Waals surface area contributed by atoms with Crippen LogP contribution in [0.2, 0.25) is 0 Å². The fourth-order valence-electron chi connectivity index (χ4n) is 2.22. The van der Waals surface area contributed by atoms with E-state index in [9.17, 15) is 0 Å². The van der Waals surface area contributed by atoms with Gasteiger partial charge >= 0.3 is 0 Å². The number of aryl methyl sites for hydroxylation is 1. The molecule has 0 amide bonds. The summed E-state index contributed by atoms with van der Waals surface area (Å²) in [6.07, 6.45) is 3.32. The Balaban J connectivity index is 1.33. The number of nitrogens with one attached hydrogen (secondary N) is 1. The van der Waals surface area contributed by atoms with Crippen LogP contribution in [-0.2, 0) is 6.54 Å². The SMILES string of the molecule is CCNc1nnc(SCCCCCn2nnc(-c3ccccc3)n2)s1. The van der Waals surface area contributed by atoms with Crippen molar-refractivity contribution in [3.8, 4) is 11.4 Å². The average molecular weight is 376 g/mol. The zero-order valence-electron chi connectivity index (χ0n) is 14.1. The smallest absolute Gasteiger partial charge is 0.206 e. The molecule has 2 aromatic heterocycles. The van der Waals surface area contributed by atoms with E-state index in [0.29, 0.717) is 5.82 Å². The van der Waals surface area contributed by atoms with E-state index < -0.39 is 0 Å². The normalized spacial score (nSPS) is 10.9. The van der Waals surface area contributed by atoms with Crippen LogP contribution in [0.3, 0.4) is 0 Å². The van der Waals surface area contributed by atoms with Crippen molar-refractivity contribution in [3.63, 3.8) is 0 Å². The summed E-state index contributed by atoms with van der Waals surface area (Å²) in [6, 6.07) is 9.93. The molecule has 3 aromatic rings. The highest BCUT2D eigenvalue weighted by Crippen LogP contribution is 2.26. The first-order valence-electron chi connectivity index (χ1n) is 8.38. The Bertz CT molecular complexity index is 757. The maximum absolute atomic E-state index is 4.43. The zero-order chi connectivity index (χ0) is 17.3. The molecular formula is C16H21N7S2. The molecule has 2 heterocycles. The van der Waals surface area contributed by atoms with Gasteiger partial charge in [-0.05, 0) is 25.0 Å². The second-order valence-electron chi connectivity index (χ2n) is 5.39. The van der Waals surface area contributed by atoms with Gasteiger partial charge in [-0.15, -0.1) is 20.4 Å². The molecule has 0 aliphatic carbocycles.